The van der Waals surface area contributed by atoms with Crippen LogP contribution in [-0.4, -0.2) is 43.2 Å². The van der Waals surface area contributed by atoms with Gasteiger partial charge in [-0.1, -0.05) is 29.4 Å². The quantitative estimate of drug-likeness (QED) is 0.683. The summed E-state index contributed by atoms with van der Waals surface area (Å²) in [5, 5.41) is 3.72. The fourth-order valence-electron chi connectivity index (χ4n) is 3.83. The molecule has 1 unspecified atom stereocenters. The minimum Gasteiger partial charge on any atom is -0.444 e. The average molecular weight is 423 g/mol. The number of H-pyrrole nitrogens is 1. The minimum atomic E-state index is -0.603. The highest BCUT2D eigenvalue weighted by Gasteiger charge is 2.36. The van der Waals surface area contributed by atoms with Crippen LogP contribution < -0.4 is 5.76 Å². The van der Waals surface area contributed by atoms with Gasteiger partial charge in [0.1, 0.15) is 5.60 Å². The van der Waals surface area contributed by atoms with E-state index in [0.29, 0.717) is 18.8 Å². The zero-order chi connectivity index (χ0) is 22.0. The van der Waals surface area contributed by atoms with Crippen LogP contribution in [-0.2, 0) is 4.74 Å². The van der Waals surface area contributed by atoms with Gasteiger partial charge in [0.15, 0.2) is 5.82 Å². The standard InChI is InChI=1S/C22H25N5O4/c1-22(2,3)30-21(29)27-11-8-16(17-13-23-9-10-24-17)12-18(27)14-4-6-15(7-5-14)19-25-20(28)31-26-19/h4-7,9-10,13,16,18H,8,11-12H2,1-3H3,(H,25,26,28)/t16?,18-/m0/s1. The predicted molar refractivity (Wildman–Crippen MR) is 112 cm³/mol. The second-order valence-corrected chi connectivity index (χ2v) is 8.61. The van der Waals surface area contributed by atoms with Crippen LogP contribution >= 0.6 is 0 Å². The Morgan fingerprint density at radius 3 is 2.61 bits per heavy atom. The van der Waals surface area contributed by atoms with Crippen molar-refractivity contribution in [2.45, 2.75) is 51.2 Å². The van der Waals surface area contributed by atoms with Crippen LogP contribution in [0.5, 0.6) is 0 Å². The van der Waals surface area contributed by atoms with Gasteiger partial charge in [0.25, 0.3) is 0 Å². The number of aromatic nitrogens is 4. The second-order valence-electron chi connectivity index (χ2n) is 8.61. The van der Waals surface area contributed by atoms with Gasteiger partial charge in [0.2, 0.25) is 0 Å². The van der Waals surface area contributed by atoms with E-state index in [0.717, 1.165) is 23.2 Å². The van der Waals surface area contributed by atoms with E-state index in [1.54, 1.807) is 23.5 Å². The van der Waals surface area contributed by atoms with Crippen molar-refractivity contribution in [3.05, 3.63) is 64.7 Å². The summed E-state index contributed by atoms with van der Waals surface area (Å²) in [7, 11) is 0. The molecule has 1 aromatic carbocycles. The van der Waals surface area contributed by atoms with Gasteiger partial charge in [-0.2, -0.15) is 0 Å². The molecule has 1 aliphatic rings. The second kappa shape index (κ2) is 8.33. The number of carbonyl (C=O) groups is 1. The number of rotatable bonds is 3. The number of nitrogens with zero attached hydrogens (tertiary/aromatic N) is 4. The number of benzene rings is 1. The lowest BCUT2D eigenvalue weighted by Gasteiger charge is -2.40. The van der Waals surface area contributed by atoms with Gasteiger partial charge in [0.05, 0.1) is 11.7 Å². The third-order valence-corrected chi connectivity index (χ3v) is 5.24. The topological polar surface area (TPSA) is 114 Å². The number of aromatic amines is 1. The van der Waals surface area contributed by atoms with Crippen molar-refractivity contribution in [2.75, 3.05) is 6.54 Å². The van der Waals surface area contributed by atoms with Gasteiger partial charge < -0.3 is 9.64 Å². The molecule has 3 aromatic rings. The summed E-state index contributed by atoms with van der Waals surface area (Å²) in [6.45, 7) is 6.14. The molecule has 1 saturated heterocycles. The van der Waals surface area contributed by atoms with E-state index >= 15 is 0 Å². The van der Waals surface area contributed by atoms with Crippen LogP contribution in [0.4, 0.5) is 4.79 Å². The Balaban J connectivity index is 1.62. The number of likely N-dealkylation sites (tertiary alicyclic amines) is 1. The largest absolute Gasteiger partial charge is 0.444 e. The molecule has 2 atom stereocenters. The van der Waals surface area contributed by atoms with E-state index in [1.165, 1.54) is 0 Å². The summed E-state index contributed by atoms with van der Waals surface area (Å²) in [5.74, 6) is -0.0557. The van der Waals surface area contributed by atoms with Crippen molar-refractivity contribution in [3.8, 4) is 11.4 Å². The van der Waals surface area contributed by atoms with E-state index in [9.17, 15) is 9.59 Å². The molecule has 2 aromatic heterocycles. The first-order chi connectivity index (χ1) is 14.8. The van der Waals surface area contributed by atoms with E-state index in [4.69, 9.17) is 4.74 Å². The molecule has 3 heterocycles. The van der Waals surface area contributed by atoms with Gasteiger partial charge in [-0.15, -0.1) is 0 Å². The number of hydrogen-bond donors (Lipinski definition) is 1. The summed E-state index contributed by atoms with van der Waals surface area (Å²) in [5.41, 5.74) is 2.04. The molecule has 0 spiro atoms. The number of piperidine rings is 1. The van der Waals surface area contributed by atoms with Gasteiger partial charge in [-0.3, -0.25) is 19.5 Å². The lowest BCUT2D eigenvalue weighted by Crippen LogP contribution is -2.43. The van der Waals surface area contributed by atoms with Crippen molar-refractivity contribution >= 4 is 6.09 Å². The number of nitrogens with one attached hydrogen (secondary N) is 1. The van der Waals surface area contributed by atoms with E-state index in [-0.39, 0.29) is 18.1 Å². The molecule has 0 aliphatic carbocycles. The third kappa shape index (κ3) is 4.82. The Hall–Kier alpha value is -3.49. The molecule has 1 N–H and O–H groups in total. The first-order valence-corrected chi connectivity index (χ1v) is 10.2. The molecule has 4 rings (SSSR count). The highest BCUT2D eigenvalue weighted by Crippen LogP contribution is 2.39. The number of hydrogen-bond acceptors (Lipinski definition) is 7. The number of carbonyl (C=O) groups excluding carboxylic acids is 1. The zero-order valence-corrected chi connectivity index (χ0v) is 17.7. The first-order valence-electron chi connectivity index (χ1n) is 10.2. The van der Waals surface area contributed by atoms with Crippen molar-refractivity contribution in [3.63, 3.8) is 0 Å². The van der Waals surface area contributed by atoms with E-state index < -0.39 is 11.4 Å². The SMILES string of the molecule is CC(C)(C)OC(=O)N1CCC(c2cnccn2)C[C@H]1c1ccc(-c2noc(=O)[nH]2)cc1. The lowest BCUT2D eigenvalue weighted by molar-refractivity contribution is 0.00750. The Labute approximate surface area is 179 Å². The molecule has 1 aliphatic heterocycles. The Kier molecular flexibility index (Phi) is 5.58. The number of ether oxygens (including phenoxy) is 1. The number of amides is 1. The highest BCUT2D eigenvalue weighted by molar-refractivity contribution is 5.69. The van der Waals surface area contributed by atoms with Gasteiger partial charge in [-0.05, 0) is 39.2 Å². The van der Waals surface area contributed by atoms with Crippen LogP contribution in [0.2, 0.25) is 0 Å². The zero-order valence-electron chi connectivity index (χ0n) is 17.7. The van der Waals surface area contributed by atoms with Crippen LogP contribution in [0, 0.1) is 0 Å². The maximum atomic E-state index is 12.9. The summed E-state index contributed by atoms with van der Waals surface area (Å²) in [6.07, 6.45) is 6.29. The molecule has 0 saturated carbocycles. The van der Waals surface area contributed by atoms with Crippen molar-refractivity contribution < 1.29 is 14.1 Å². The van der Waals surface area contributed by atoms with Crippen molar-refractivity contribution in [2.24, 2.45) is 0 Å². The maximum Gasteiger partial charge on any atom is 0.439 e. The predicted octanol–water partition coefficient (Wildman–Crippen LogP) is 3.68. The van der Waals surface area contributed by atoms with E-state index in [1.807, 2.05) is 45.0 Å². The Morgan fingerprint density at radius 1 is 1.23 bits per heavy atom. The fourth-order valence-corrected chi connectivity index (χ4v) is 3.83. The maximum absolute atomic E-state index is 12.9. The Morgan fingerprint density at radius 2 is 2.00 bits per heavy atom. The molecular formula is C22H25N5O4. The molecular weight excluding hydrogens is 398 g/mol. The summed E-state index contributed by atoms with van der Waals surface area (Å²) in [4.78, 5) is 37.2. The molecule has 0 radical (unpaired) electrons. The highest BCUT2D eigenvalue weighted by atomic mass is 16.6. The monoisotopic (exact) mass is 423 g/mol. The van der Waals surface area contributed by atoms with Crippen molar-refractivity contribution in [1.29, 1.82) is 0 Å². The minimum absolute atomic E-state index is 0.180. The molecule has 31 heavy (non-hydrogen) atoms. The van der Waals surface area contributed by atoms with Gasteiger partial charge >= 0.3 is 11.8 Å². The van der Waals surface area contributed by atoms with Gasteiger partial charge in [-0.25, -0.2) is 9.59 Å². The molecule has 162 valence electrons. The normalized spacial score (nSPS) is 19.3. The third-order valence-electron chi connectivity index (χ3n) is 5.24. The summed E-state index contributed by atoms with van der Waals surface area (Å²) >= 11 is 0. The molecule has 0 bridgehead atoms. The van der Waals surface area contributed by atoms with Crippen LogP contribution in [0.25, 0.3) is 11.4 Å². The van der Waals surface area contributed by atoms with Crippen molar-refractivity contribution in [1.82, 2.24) is 25.0 Å². The first kappa shape index (κ1) is 20.8. The van der Waals surface area contributed by atoms with Crippen LogP contribution in [0.1, 0.15) is 56.8 Å². The summed E-state index contributed by atoms with van der Waals surface area (Å²) in [6, 6.07) is 7.39. The molecule has 1 fully saturated rings. The lowest BCUT2D eigenvalue weighted by atomic mass is 9.85. The van der Waals surface area contributed by atoms with E-state index in [2.05, 4.69) is 24.6 Å². The van der Waals surface area contributed by atoms with Crippen LogP contribution in [0.3, 0.4) is 0 Å². The smallest absolute Gasteiger partial charge is 0.439 e. The Bertz CT molecular complexity index is 1090. The average Bonchev–Trinajstić information content (AvgIpc) is 3.19. The fraction of sp³-hybridized carbons (Fsp3) is 0.409. The molecule has 9 nitrogen and oxygen atoms in total. The van der Waals surface area contributed by atoms with Crippen LogP contribution in [0.15, 0.2) is 52.2 Å². The van der Waals surface area contributed by atoms with Gasteiger partial charge in [0, 0.05) is 36.6 Å². The summed E-state index contributed by atoms with van der Waals surface area (Å²) < 4.78 is 10.2. The molecule has 1 amide bonds. The molecule has 9 heteroatoms.